The van der Waals surface area contributed by atoms with Gasteiger partial charge in [0.25, 0.3) is 0 Å². The maximum Gasteiger partial charge on any atom is 0.116 e. The quantitative estimate of drug-likeness (QED) is 0.797. The molecule has 0 unspecified atom stereocenters. The Kier molecular flexibility index (Phi) is 5.28. The number of nitrogens with zero attached hydrogens (tertiary/aromatic N) is 1. The van der Waals surface area contributed by atoms with E-state index in [1.165, 1.54) is 4.90 Å². The van der Waals surface area contributed by atoms with Gasteiger partial charge in [-0.15, -0.1) is 11.8 Å². The molecule has 18 heavy (non-hydrogen) atoms. The lowest BCUT2D eigenvalue weighted by Gasteiger charge is -2.02. The minimum absolute atomic E-state index is 0.850. The Morgan fingerprint density at radius 1 is 1.39 bits per heavy atom. The van der Waals surface area contributed by atoms with E-state index in [1.807, 2.05) is 18.3 Å². The molecule has 2 N–H and O–H groups in total. The van der Waals surface area contributed by atoms with Crippen LogP contribution in [0.2, 0.25) is 0 Å². The zero-order valence-corrected chi connectivity index (χ0v) is 12.6. The molecule has 2 rings (SSSR count). The first-order valence-corrected chi connectivity index (χ1v) is 7.68. The fraction of sp³-hybridized carbons (Fsp3) is 0.308. The monoisotopic (exact) mass is 325 g/mol. The molecule has 0 amide bonds. The molecule has 0 spiro atoms. The van der Waals surface area contributed by atoms with Crippen molar-refractivity contribution in [1.82, 2.24) is 15.3 Å². The molecule has 2 aromatic rings. The van der Waals surface area contributed by atoms with Crippen LogP contribution in [0, 0.1) is 0 Å². The third kappa shape index (κ3) is 3.86. The molecule has 0 saturated carbocycles. The van der Waals surface area contributed by atoms with Crippen LogP contribution in [0.25, 0.3) is 0 Å². The summed E-state index contributed by atoms with van der Waals surface area (Å²) in [7, 11) is 0. The molecule has 1 aromatic carbocycles. The van der Waals surface area contributed by atoms with Crippen LogP contribution in [0.5, 0.6) is 0 Å². The van der Waals surface area contributed by atoms with Gasteiger partial charge in [-0.25, -0.2) is 4.98 Å². The van der Waals surface area contributed by atoms with Crippen molar-refractivity contribution in [3.63, 3.8) is 0 Å². The zero-order chi connectivity index (χ0) is 12.8. The second kappa shape index (κ2) is 6.97. The van der Waals surface area contributed by atoms with Crippen LogP contribution < -0.4 is 5.32 Å². The number of benzene rings is 1. The Labute approximate surface area is 120 Å². The van der Waals surface area contributed by atoms with E-state index >= 15 is 0 Å². The summed E-state index contributed by atoms with van der Waals surface area (Å²) in [4.78, 5) is 8.95. The molecule has 1 aromatic heterocycles. The van der Waals surface area contributed by atoms with Gasteiger partial charge in [0.15, 0.2) is 0 Å². The van der Waals surface area contributed by atoms with E-state index in [1.54, 1.807) is 11.8 Å². The number of aromatic nitrogens is 2. The van der Waals surface area contributed by atoms with Crippen molar-refractivity contribution in [2.45, 2.75) is 24.1 Å². The summed E-state index contributed by atoms with van der Waals surface area (Å²) < 4.78 is 1.13. The van der Waals surface area contributed by atoms with E-state index in [0.717, 1.165) is 34.8 Å². The van der Waals surface area contributed by atoms with Crippen molar-refractivity contribution in [2.75, 3.05) is 6.54 Å². The van der Waals surface area contributed by atoms with Gasteiger partial charge in [0.1, 0.15) is 5.82 Å². The van der Waals surface area contributed by atoms with Crippen molar-refractivity contribution >= 4 is 27.7 Å². The fourth-order valence-electron chi connectivity index (χ4n) is 1.54. The summed E-state index contributed by atoms with van der Waals surface area (Å²) in [6.45, 7) is 3.92. The van der Waals surface area contributed by atoms with E-state index in [2.05, 4.69) is 50.3 Å². The molecule has 0 bridgehead atoms. The second-order valence-corrected chi connectivity index (χ2v) is 5.73. The molecule has 1 heterocycles. The van der Waals surface area contributed by atoms with Crippen LogP contribution in [0.3, 0.4) is 0 Å². The number of nitrogens with one attached hydrogen (secondary N) is 2. The number of aromatic amines is 1. The summed E-state index contributed by atoms with van der Waals surface area (Å²) >= 11 is 5.32. The highest BCUT2D eigenvalue weighted by Crippen LogP contribution is 2.28. The topological polar surface area (TPSA) is 40.7 Å². The average molecular weight is 326 g/mol. The highest BCUT2D eigenvalue weighted by atomic mass is 79.9. The van der Waals surface area contributed by atoms with Gasteiger partial charge in [0.05, 0.1) is 5.75 Å². The van der Waals surface area contributed by atoms with E-state index < -0.39 is 0 Å². The summed E-state index contributed by atoms with van der Waals surface area (Å²) in [5, 5.41) is 3.28. The second-order valence-electron chi connectivity index (χ2n) is 3.85. The Hall–Kier alpha value is -0.780. The van der Waals surface area contributed by atoms with E-state index in [-0.39, 0.29) is 0 Å². The maximum atomic E-state index is 4.38. The zero-order valence-electron chi connectivity index (χ0n) is 10.2. The molecular formula is C13H16BrN3S. The fourth-order valence-corrected chi connectivity index (χ4v) is 2.98. The molecule has 0 saturated heterocycles. The van der Waals surface area contributed by atoms with Crippen LogP contribution in [0.4, 0.5) is 0 Å². The highest BCUT2D eigenvalue weighted by molar-refractivity contribution is 9.10. The Balaban J connectivity index is 1.90. The van der Waals surface area contributed by atoms with Gasteiger partial charge >= 0.3 is 0 Å². The lowest BCUT2D eigenvalue weighted by Crippen LogP contribution is -2.11. The summed E-state index contributed by atoms with van der Waals surface area (Å²) in [5.74, 6) is 1.87. The molecule has 0 atom stereocenters. The van der Waals surface area contributed by atoms with Crippen molar-refractivity contribution in [2.24, 2.45) is 0 Å². The number of hydrogen-bond acceptors (Lipinski definition) is 3. The molecule has 3 nitrogen and oxygen atoms in total. The molecule has 0 aliphatic carbocycles. The van der Waals surface area contributed by atoms with Gasteiger partial charge < -0.3 is 10.3 Å². The Morgan fingerprint density at radius 2 is 2.22 bits per heavy atom. The SMILES string of the molecule is CCNCc1cnc(CSc2ccccc2Br)[nH]1. The van der Waals surface area contributed by atoms with Gasteiger partial charge in [-0.1, -0.05) is 19.1 Å². The summed E-state index contributed by atoms with van der Waals surface area (Å²) in [6.07, 6.45) is 1.90. The lowest BCUT2D eigenvalue weighted by atomic mass is 10.4. The largest absolute Gasteiger partial charge is 0.344 e. The number of halogens is 1. The van der Waals surface area contributed by atoms with Crippen LogP contribution in [0.1, 0.15) is 18.4 Å². The van der Waals surface area contributed by atoms with Crippen LogP contribution >= 0.6 is 27.7 Å². The molecule has 0 aliphatic rings. The molecular weight excluding hydrogens is 310 g/mol. The van der Waals surface area contributed by atoms with Crippen molar-refractivity contribution in [3.8, 4) is 0 Å². The maximum absolute atomic E-state index is 4.38. The molecule has 0 aliphatic heterocycles. The van der Waals surface area contributed by atoms with E-state index in [0.29, 0.717) is 0 Å². The van der Waals surface area contributed by atoms with Crippen LogP contribution in [0.15, 0.2) is 39.8 Å². The van der Waals surface area contributed by atoms with Crippen molar-refractivity contribution in [1.29, 1.82) is 0 Å². The Morgan fingerprint density at radius 3 is 3.00 bits per heavy atom. The standard InChI is InChI=1S/C13H16BrN3S/c1-2-15-7-10-8-16-13(17-10)9-18-12-6-4-3-5-11(12)14/h3-6,8,15H,2,7,9H2,1H3,(H,16,17). The van der Waals surface area contributed by atoms with Gasteiger partial charge in [0.2, 0.25) is 0 Å². The molecule has 5 heteroatoms. The molecule has 0 radical (unpaired) electrons. The first-order valence-electron chi connectivity index (χ1n) is 5.90. The number of imidazole rings is 1. The van der Waals surface area contributed by atoms with E-state index in [9.17, 15) is 0 Å². The van der Waals surface area contributed by atoms with Crippen molar-refractivity contribution < 1.29 is 0 Å². The number of hydrogen-bond donors (Lipinski definition) is 2. The van der Waals surface area contributed by atoms with Gasteiger partial charge in [-0.05, 0) is 34.6 Å². The summed E-state index contributed by atoms with van der Waals surface area (Å²) in [6, 6.07) is 8.24. The third-order valence-electron chi connectivity index (χ3n) is 2.45. The molecule has 96 valence electrons. The third-order valence-corrected chi connectivity index (χ3v) is 4.49. The first kappa shape index (κ1) is 13.6. The smallest absolute Gasteiger partial charge is 0.116 e. The predicted octanol–water partition coefficient (Wildman–Crippen LogP) is 3.57. The van der Waals surface area contributed by atoms with Gasteiger partial charge in [0, 0.05) is 27.8 Å². The minimum Gasteiger partial charge on any atom is -0.344 e. The van der Waals surface area contributed by atoms with Crippen molar-refractivity contribution in [3.05, 3.63) is 46.5 Å². The average Bonchev–Trinajstić information content (AvgIpc) is 2.83. The number of rotatable bonds is 6. The highest BCUT2D eigenvalue weighted by Gasteiger charge is 2.03. The molecule has 0 fully saturated rings. The van der Waals surface area contributed by atoms with Gasteiger partial charge in [-0.2, -0.15) is 0 Å². The van der Waals surface area contributed by atoms with Crippen LogP contribution in [-0.4, -0.2) is 16.5 Å². The van der Waals surface area contributed by atoms with E-state index in [4.69, 9.17) is 0 Å². The predicted molar refractivity (Wildman–Crippen MR) is 79.7 cm³/mol. The lowest BCUT2D eigenvalue weighted by molar-refractivity contribution is 0.713. The minimum atomic E-state index is 0.850. The Bertz CT molecular complexity index is 498. The first-order chi connectivity index (χ1) is 8.79. The number of H-pyrrole nitrogens is 1. The van der Waals surface area contributed by atoms with Gasteiger partial charge in [-0.3, -0.25) is 0 Å². The normalized spacial score (nSPS) is 10.8. The van der Waals surface area contributed by atoms with Crippen LogP contribution in [-0.2, 0) is 12.3 Å². The number of thioether (sulfide) groups is 1. The summed E-state index contributed by atoms with van der Waals surface area (Å²) in [5.41, 5.74) is 1.14.